The van der Waals surface area contributed by atoms with Crippen LogP contribution in [0.5, 0.6) is 0 Å². The van der Waals surface area contributed by atoms with Crippen LogP contribution in [0, 0.1) is 0 Å². The van der Waals surface area contributed by atoms with Crippen LogP contribution in [0.15, 0.2) is 85.1 Å². The van der Waals surface area contributed by atoms with Crippen molar-refractivity contribution in [3.63, 3.8) is 0 Å². The zero-order chi connectivity index (χ0) is 31.9. The zero-order valence-electron chi connectivity index (χ0n) is 26.8. The fourth-order valence-corrected chi connectivity index (χ4v) is 4.91. The van der Waals surface area contributed by atoms with Gasteiger partial charge < -0.3 is 10.4 Å². The summed E-state index contributed by atoms with van der Waals surface area (Å²) in [6, 6.07) is -1.13. The van der Waals surface area contributed by atoms with Crippen LogP contribution in [-0.2, 0) is 14.9 Å². The number of nitrogens with one attached hydrogen (secondary N) is 1. The number of unbranched alkanes of at least 4 members (excludes halogenated alkanes) is 8. The van der Waals surface area contributed by atoms with Crippen molar-refractivity contribution in [1.82, 2.24) is 5.32 Å². The smallest absolute Gasteiger partial charge is 0.267 e. The van der Waals surface area contributed by atoms with Crippen LogP contribution in [0.2, 0.25) is 0 Å². The van der Waals surface area contributed by atoms with Gasteiger partial charge in [0, 0.05) is 6.42 Å². The highest BCUT2D eigenvalue weighted by Crippen LogP contribution is 2.09. The predicted molar refractivity (Wildman–Crippen MR) is 184 cm³/mol. The summed E-state index contributed by atoms with van der Waals surface area (Å²) in [5, 5.41) is 13.0. The van der Waals surface area contributed by atoms with Crippen molar-refractivity contribution < 1.29 is 22.9 Å². The van der Waals surface area contributed by atoms with Crippen LogP contribution in [0.4, 0.5) is 0 Å². The summed E-state index contributed by atoms with van der Waals surface area (Å²) in [6.07, 6.45) is 43.0. The Morgan fingerprint density at radius 1 is 0.651 bits per heavy atom. The summed E-state index contributed by atoms with van der Waals surface area (Å²) in [5.41, 5.74) is 0. The van der Waals surface area contributed by atoms with Gasteiger partial charge in [-0.1, -0.05) is 137 Å². The molecule has 0 rings (SSSR count). The van der Waals surface area contributed by atoms with Crippen LogP contribution in [0.25, 0.3) is 0 Å². The van der Waals surface area contributed by atoms with E-state index in [1.54, 1.807) is 12.2 Å². The number of amides is 1. The lowest BCUT2D eigenvalue weighted by atomic mass is 10.1. The molecule has 0 saturated carbocycles. The van der Waals surface area contributed by atoms with Crippen molar-refractivity contribution in [2.24, 2.45) is 0 Å². The Balaban J connectivity index is 4.31. The first kappa shape index (κ1) is 40.5. The fourth-order valence-electron chi connectivity index (χ4n) is 4.18. The number of carbonyl (C=O) groups excluding carboxylic acids is 1. The molecule has 3 N–H and O–H groups in total. The minimum atomic E-state index is -4.38. The molecule has 1 amide bonds. The molecule has 0 aromatic carbocycles. The van der Waals surface area contributed by atoms with Gasteiger partial charge in [0.25, 0.3) is 10.1 Å². The van der Waals surface area contributed by atoms with E-state index in [1.807, 2.05) is 12.2 Å². The molecule has 0 aliphatic rings. The Morgan fingerprint density at radius 2 is 1.14 bits per heavy atom. The van der Waals surface area contributed by atoms with Gasteiger partial charge in [0.2, 0.25) is 5.91 Å². The topological polar surface area (TPSA) is 104 Å². The van der Waals surface area contributed by atoms with Crippen LogP contribution in [0.1, 0.15) is 117 Å². The molecular weight excluding hydrogens is 558 g/mol. The van der Waals surface area contributed by atoms with Gasteiger partial charge in [-0.25, -0.2) is 0 Å². The predicted octanol–water partition coefficient (Wildman–Crippen LogP) is 8.89. The van der Waals surface area contributed by atoms with Gasteiger partial charge in [-0.3, -0.25) is 9.35 Å². The molecule has 0 radical (unpaired) electrons. The Labute approximate surface area is 263 Å². The second-order valence-electron chi connectivity index (χ2n) is 10.7. The van der Waals surface area contributed by atoms with Gasteiger partial charge in [0.05, 0.1) is 17.9 Å². The molecule has 0 bridgehead atoms. The number of aliphatic hydroxyl groups is 1. The molecule has 6 nitrogen and oxygen atoms in total. The Hall–Kier alpha value is -2.48. The first-order chi connectivity index (χ1) is 20.8. The maximum absolute atomic E-state index is 12.3. The van der Waals surface area contributed by atoms with E-state index in [9.17, 15) is 22.9 Å². The van der Waals surface area contributed by atoms with E-state index in [2.05, 4.69) is 73.8 Å². The van der Waals surface area contributed by atoms with E-state index in [4.69, 9.17) is 0 Å². The molecule has 0 fully saturated rings. The molecule has 0 aromatic heterocycles. The van der Waals surface area contributed by atoms with Gasteiger partial charge in [0.15, 0.2) is 0 Å². The standard InChI is InChI=1S/C36H59NO5S/c1-3-5-7-9-11-13-15-17-18-20-22-24-26-28-30-32-36(39)37-34(33-43(40,41)42)35(38)31-29-27-25-23-21-19-16-14-12-10-8-6-4-2/h5,7,11,13,17-18,21-24,28-31,34-35,38H,3-4,6,8-10,12,14-16,19-20,25-27,32-33H2,1-2H3,(H,37,39)(H,40,41,42)/b7-5-,13-11-,18-17-,23-21+,24-22-,30-28-,31-29+. The fraction of sp³-hybridized carbons (Fsp3) is 0.583. The van der Waals surface area contributed by atoms with Crippen LogP contribution in [0.3, 0.4) is 0 Å². The molecule has 7 heteroatoms. The van der Waals surface area contributed by atoms with Crippen LogP contribution < -0.4 is 5.32 Å². The molecular formula is C36H59NO5S. The van der Waals surface area contributed by atoms with Gasteiger partial charge in [-0.15, -0.1) is 0 Å². The van der Waals surface area contributed by atoms with Crippen molar-refractivity contribution in [2.75, 3.05) is 5.75 Å². The summed E-state index contributed by atoms with van der Waals surface area (Å²) in [4.78, 5) is 12.3. The molecule has 0 saturated heterocycles. The van der Waals surface area contributed by atoms with Crippen molar-refractivity contribution in [2.45, 2.75) is 129 Å². The number of hydrogen-bond donors (Lipinski definition) is 3. The molecule has 2 unspecified atom stereocenters. The summed E-state index contributed by atoms with van der Waals surface area (Å²) < 4.78 is 32.2. The minimum absolute atomic E-state index is 0.0511. The Kier molecular flexibility index (Phi) is 27.9. The lowest BCUT2D eigenvalue weighted by Crippen LogP contribution is -2.46. The van der Waals surface area contributed by atoms with Gasteiger partial charge in [0.1, 0.15) is 0 Å². The molecule has 43 heavy (non-hydrogen) atoms. The van der Waals surface area contributed by atoms with Crippen LogP contribution >= 0.6 is 0 Å². The maximum Gasteiger partial charge on any atom is 0.267 e. The Bertz CT molecular complexity index is 989. The third-order valence-electron chi connectivity index (χ3n) is 6.58. The number of carbonyl (C=O) groups is 1. The highest BCUT2D eigenvalue weighted by atomic mass is 32.2. The Morgan fingerprint density at radius 3 is 1.70 bits per heavy atom. The van der Waals surface area contributed by atoms with Gasteiger partial charge in [-0.05, 0) is 57.8 Å². The van der Waals surface area contributed by atoms with E-state index < -0.39 is 33.9 Å². The van der Waals surface area contributed by atoms with E-state index in [-0.39, 0.29) is 6.42 Å². The minimum Gasteiger partial charge on any atom is -0.387 e. The second kappa shape index (κ2) is 29.6. The number of allylic oxidation sites excluding steroid dienone is 12. The first-order valence-electron chi connectivity index (χ1n) is 16.3. The molecule has 2 atom stereocenters. The van der Waals surface area contributed by atoms with E-state index >= 15 is 0 Å². The highest BCUT2D eigenvalue weighted by molar-refractivity contribution is 7.85. The average Bonchev–Trinajstić information content (AvgIpc) is 2.96. The summed E-state index contributed by atoms with van der Waals surface area (Å²) in [5.74, 6) is -1.18. The maximum atomic E-state index is 12.3. The van der Waals surface area contributed by atoms with Gasteiger partial charge in [-0.2, -0.15) is 8.42 Å². The molecule has 0 spiro atoms. The quantitative estimate of drug-likeness (QED) is 0.0485. The second-order valence-corrected chi connectivity index (χ2v) is 12.2. The third-order valence-corrected chi connectivity index (χ3v) is 7.36. The van der Waals surface area contributed by atoms with Crippen LogP contribution in [-0.4, -0.2) is 41.9 Å². The number of hydrogen-bond acceptors (Lipinski definition) is 4. The summed E-state index contributed by atoms with van der Waals surface area (Å²) in [6.45, 7) is 4.35. The normalized spacial score (nSPS) is 14.6. The summed E-state index contributed by atoms with van der Waals surface area (Å²) >= 11 is 0. The SMILES string of the molecule is CC/C=C\C/C=C\C/C=C\C/C=C\C/C=C\CC(=O)NC(CS(=O)(=O)O)C(O)/C=C/CC/C=C/CCCCCCCCC. The molecule has 0 aliphatic carbocycles. The van der Waals surface area contributed by atoms with E-state index in [0.29, 0.717) is 12.8 Å². The lowest BCUT2D eigenvalue weighted by molar-refractivity contribution is -0.121. The molecule has 0 heterocycles. The van der Waals surface area contributed by atoms with E-state index in [1.165, 1.54) is 51.0 Å². The largest absolute Gasteiger partial charge is 0.387 e. The monoisotopic (exact) mass is 617 g/mol. The van der Waals surface area contributed by atoms with Gasteiger partial charge >= 0.3 is 0 Å². The van der Waals surface area contributed by atoms with E-state index in [0.717, 1.165) is 38.5 Å². The zero-order valence-corrected chi connectivity index (χ0v) is 27.6. The third kappa shape index (κ3) is 30.8. The molecule has 0 aliphatic heterocycles. The first-order valence-corrected chi connectivity index (χ1v) is 17.9. The molecule has 244 valence electrons. The summed E-state index contributed by atoms with van der Waals surface area (Å²) in [7, 11) is -4.38. The van der Waals surface area contributed by atoms with Crippen molar-refractivity contribution in [3.05, 3.63) is 85.1 Å². The van der Waals surface area contributed by atoms with Crippen molar-refractivity contribution in [3.8, 4) is 0 Å². The highest BCUT2D eigenvalue weighted by Gasteiger charge is 2.24. The average molecular weight is 618 g/mol. The van der Waals surface area contributed by atoms with Crippen molar-refractivity contribution in [1.29, 1.82) is 0 Å². The number of aliphatic hydroxyl groups excluding tert-OH is 1. The lowest BCUT2D eigenvalue weighted by Gasteiger charge is -2.20. The number of rotatable bonds is 27. The van der Waals surface area contributed by atoms with Crippen molar-refractivity contribution >= 4 is 16.0 Å². The molecule has 0 aromatic rings.